The highest BCUT2D eigenvalue weighted by Gasteiger charge is 2.28. The van der Waals surface area contributed by atoms with E-state index >= 15 is 0 Å². The normalized spacial score (nSPS) is 17.2. The van der Waals surface area contributed by atoms with Crippen LogP contribution >= 0.6 is 0 Å². The Kier molecular flexibility index (Phi) is 6.48. The summed E-state index contributed by atoms with van der Waals surface area (Å²) in [7, 11) is 0. The molecule has 0 aromatic heterocycles. The molecule has 1 aliphatic carbocycles. The van der Waals surface area contributed by atoms with E-state index in [2.05, 4.69) is 10.6 Å². The topological polar surface area (TPSA) is 91.0 Å². The zero-order valence-electron chi connectivity index (χ0n) is 17.7. The van der Waals surface area contributed by atoms with Gasteiger partial charge in [-0.15, -0.1) is 0 Å². The Labute approximate surface area is 175 Å². The number of benzene rings is 1. The molecule has 8 nitrogen and oxygen atoms in total. The fourth-order valence-electron chi connectivity index (χ4n) is 3.25. The summed E-state index contributed by atoms with van der Waals surface area (Å²) in [6.07, 6.45) is 2.55. The number of halogens is 1. The molecule has 30 heavy (non-hydrogen) atoms. The van der Waals surface area contributed by atoms with Gasteiger partial charge in [0.15, 0.2) is 0 Å². The molecule has 0 atom stereocenters. The van der Waals surface area contributed by atoms with E-state index in [0.717, 1.165) is 25.3 Å². The standard InChI is InChI=1S/C21H29FN4O4/c1-21(2,3)30-20(29)26-11-9-25(10-12-26)18(27)14-7-8-17(16(22)13-14)24-19(28)23-15-5-4-6-15/h7-8,13,15H,4-6,9-12H2,1-3H3,(H2,23,24,28). The summed E-state index contributed by atoms with van der Waals surface area (Å²) in [6, 6.07) is 3.70. The molecule has 164 valence electrons. The van der Waals surface area contributed by atoms with Gasteiger partial charge in [0.1, 0.15) is 11.4 Å². The van der Waals surface area contributed by atoms with E-state index in [1.807, 2.05) is 0 Å². The number of nitrogens with one attached hydrogen (secondary N) is 2. The average Bonchev–Trinajstić information content (AvgIpc) is 2.64. The average molecular weight is 420 g/mol. The molecular formula is C21H29FN4O4. The van der Waals surface area contributed by atoms with Crippen LogP contribution in [0.1, 0.15) is 50.4 Å². The fraction of sp³-hybridized carbons (Fsp3) is 0.571. The van der Waals surface area contributed by atoms with Crippen LogP contribution in [0, 0.1) is 5.82 Å². The number of amides is 4. The van der Waals surface area contributed by atoms with Crippen LogP contribution < -0.4 is 10.6 Å². The SMILES string of the molecule is CC(C)(C)OC(=O)N1CCN(C(=O)c2ccc(NC(=O)NC3CCC3)c(F)c2)CC1. The van der Waals surface area contributed by atoms with Gasteiger partial charge < -0.3 is 25.2 Å². The second-order valence-electron chi connectivity index (χ2n) is 8.68. The first-order valence-electron chi connectivity index (χ1n) is 10.3. The molecule has 3 rings (SSSR count). The van der Waals surface area contributed by atoms with E-state index in [-0.39, 0.29) is 23.2 Å². The highest BCUT2D eigenvalue weighted by molar-refractivity contribution is 5.96. The molecule has 0 unspecified atom stereocenters. The van der Waals surface area contributed by atoms with Crippen molar-refractivity contribution < 1.29 is 23.5 Å². The molecule has 1 aromatic carbocycles. The number of nitrogens with zero attached hydrogens (tertiary/aromatic N) is 2. The smallest absolute Gasteiger partial charge is 0.410 e. The van der Waals surface area contributed by atoms with E-state index < -0.39 is 23.5 Å². The summed E-state index contributed by atoms with van der Waals surface area (Å²) in [5.74, 6) is -0.986. The summed E-state index contributed by atoms with van der Waals surface area (Å²) in [4.78, 5) is 39.9. The van der Waals surface area contributed by atoms with Crippen LogP contribution in [0.5, 0.6) is 0 Å². The van der Waals surface area contributed by atoms with Gasteiger partial charge in [-0.3, -0.25) is 4.79 Å². The number of hydrogen-bond donors (Lipinski definition) is 2. The van der Waals surface area contributed by atoms with Crippen molar-refractivity contribution in [1.82, 2.24) is 15.1 Å². The highest BCUT2D eigenvalue weighted by Crippen LogP contribution is 2.20. The van der Waals surface area contributed by atoms with Crippen molar-refractivity contribution in [3.63, 3.8) is 0 Å². The lowest BCUT2D eigenvalue weighted by molar-refractivity contribution is 0.0141. The van der Waals surface area contributed by atoms with Crippen LogP contribution in [0.25, 0.3) is 0 Å². The largest absolute Gasteiger partial charge is 0.444 e. The van der Waals surface area contributed by atoms with Gasteiger partial charge in [-0.2, -0.15) is 0 Å². The van der Waals surface area contributed by atoms with E-state index in [4.69, 9.17) is 4.74 Å². The van der Waals surface area contributed by atoms with Crippen molar-refractivity contribution in [3.8, 4) is 0 Å². The van der Waals surface area contributed by atoms with Crippen LogP contribution in [0.4, 0.5) is 19.7 Å². The first-order valence-corrected chi connectivity index (χ1v) is 10.3. The maximum atomic E-state index is 14.4. The third-order valence-corrected chi connectivity index (χ3v) is 5.12. The van der Waals surface area contributed by atoms with Crippen molar-refractivity contribution in [3.05, 3.63) is 29.6 Å². The number of piperazine rings is 1. The van der Waals surface area contributed by atoms with Gasteiger partial charge in [-0.25, -0.2) is 14.0 Å². The quantitative estimate of drug-likeness (QED) is 0.786. The van der Waals surface area contributed by atoms with Gasteiger partial charge >= 0.3 is 12.1 Å². The van der Waals surface area contributed by atoms with Crippen LogP contribution in [0.2, 0.25) is 0 Å². The van der Waals surface area contributed by atoms with Crippen LogP contribution in [0.3, 0.4) is 0 Å². The van der Waals surface area contributed by atoms with E-state index in [1.165, 1.54) is 12.1 Å². The highest BCUT2D eigenvalue weighted by atomic mass is 19.1. The molecule has 0 bridgehead atoms. The lowest BCUT2D eigenvalue weighted by Crippen LogP contribution is -2.51. The molecule has 4 amide bonds. The first kappa shape index (κ1) is 21.9. The minimum atomic E-state index is -0.669. The summed E-state index contributed by atoms with van der Waals surface area (Å²) in [5, 5.41) is 5.26. The number of carbonyl (C=O) groups is 3. The monoisotopic (exact) mass is 420 g/mol. The van der Waals surface area contributed by atoms with Crippen LogP contribution in [0.15, 0.2) is 18.2 Å². The minimum absolute atomic E-state index is 0.0260. The number of carbonyl (C=O) groups excluding carboxylic acids is 3. The molecule has 0 spiro atoms. The van der Waals surface area contributed by atoms with E-state index in [0.29, 0.717) is 26.2 Å². The Morgan fingerprint density at radius 1 is 1.07 bits per heavy atom. The number of ether oxygens (including phenoxy) is 1. The number of urea groups is 1. The molecule has 2 N–H and O–H groups in total. The molecule has 1 aliphatic heterocycles. The first-order chi connectivity index (χ1) is 14.1. The van der Waals surface area contributed by atoms with Gasteiger partial charge in [0.2, 0.25) is 0 Å². The third-order valence-electron chi connectivity index (χ3n) is 5.12. The van der Waals surface area contributed by atoms with Gasteiger partial charge in [-0.1, -0.05) is 0 Å². The van der Waals surface area contributed by atoms with E-state index in [9.17, 15) is 18.8 Å². The van der Waals surface area contributed by atoms with Gasteiger partial charge in [-0.05, 0) is 58.2 Å². The number of rotatable bonds is 3. The molecular weight excluding hydrogens is 391 g/mol. The van der Waals surface area contributed by atoms with Crippen LogP contribution in [-0.2, 0) is 4.74 Å². The zero-order valence-corrected chi connectivity index (χ0v) is 17.7. The third kappa shape index (κ3) is 5.61. The Morgan fingerprint density at radius 2 is 1.70 bits per heavy atom. The van der Waals surface area contributed by atoms with Gasteiger partial charge in [0, 0.05) is 37.8 Å². The van der Waals surface area contributed by atoms with E-state index in [1.54, 1.807) is 30.6 Å². The van der Waals surface area contributed by atoms with Crippen molar-refractivity contribution in [1.29, 1.82) is 0 Å². The molecule has 1 heterocycles. The molecule has 9 heteroatoms. The van der Waals surface area contributed by atoms with Crippen molar-refractivity contribution in [2.75, 3.05) is 31.5 Å². The summed E-state index contributed by atoms with van der Waals surface area (Å²) in [6.45, 7) is 6.78. The Hall–Kier alpha value is -2.84. The Balaban J connectivity index is 1.53. The Bertz CT molecular complexity index is 812. The molecule has 2 fully saturated rings. The van der Waals surface area contributed by atoms with Crippen LogP contribution in [-0.4, -0.2) is 65.7 Å². The maximum absolute atomic E-state index is 14.4. The zero-order chi connectivity index (χ0) is 21.9. The minimum Gasteiger partial charge on any atom is -0.444 e. The molecule has 1 saturated heterocycles. The number of anilines is 1. The summed E-state index contributed by atoms with van der Waals surface area (Å²) >= 11 is 0. The Morgan fingerprint density at radius 3 is 2.23 bits per heavy atom. The lowest BCUT2D eigenvalue weighted by atomic mass is 9.93. The van der Waals surface area contributed by atoms with Crippen molar-refractivity contribution >= 4 is 23.7 Å². The molecule has 1 saturated carbocycles. The fourth-order valence-corrected chi connectivity index (χ4v) is 3.25. The number of hydrogen-bond acceptors (Lipinski definition) is 4. The summed E-state index contributed by atoms with van der Waals surface area (Å²) < 4.78 is 19.8. The predicted octanol–water partition coefficient (Wildman–Crippen LogP) is 3.19. The van der Waals surface area contributed by atoms with Gasteiger partial charge in [0.25, 0.3) is 5.91 Å². The van der Waals surface area contributed by atoms with Crippen molar-refractivity contribution in [2.24, 2.45) is 0 Å². The maximum Gasteiger partial charge on any atom is 0.410 e. The second-order valence-corrected chi connectivity index (χ2v) is 8.68. The molecule has 2 aliphatic rings. The molecule has 0 radical (unpaired) electrons. The lowest BCUT2D eigenvalue weighted by Gasteiger charge is -2.35. The summed E-state index contributed by atoms with van der Waals surface area (Å²) in [5.41, 5.74) is -0.354. The molecule has 1 aromatic rings. The van der Waals surface area contributed by atoms with Crippen molar-refractivity contribution in [2.45, 2.75) is 51.7 Å². The predicted molar refractivity (Wildman–Crippen MR) is 110 cm³/mol. The van der Waals surface area contributed by atoms with Gasteiger partial charge in [0.05, 0.1) is 5.69 Å². The second kappa shape index (κ2) is 8.89.